The van der Waals surface area contributed by atoms with Crippen LogP contribution in [-0.4, -0.2) is 37.1 Å². The smallest absolute Gasteiger partial charge is 0.223 e. The average Bonchev–Trinajstić information content (AvgIpc) is 2.58. The van der Waals surface area contributed by atoms with Crippen molar-refractivity contribution >= 4 is 5.91 Å². The van der Waals surface area contributed by atoms with Crippen LogP contribution in [0.5, 0.6) is 11.5 Å². The van der Waals surface area contributed by atoms with Gasteiger partial charge in [0.15, 0.2) is 0 Å². The van der Waals surface area contributed by atoms with Crippen molar-refractivity contribution in [3.8, 4) is 11.5 Å². The molecule has 0 bridgehead atoms. The Bertz CT molecular complexity index is 739. The number of hydrogen-bond acceptors (Lipinski definition) is 3. The summed E-state index contributed by atoms with van der Waals surface area (Å²) in [5.74, 6) is 1.32. The summed E-state index contributed by atoms with van der Waals surface area (Å²) in [6, 6.07) is 12.0. The molecule has 1 saturated heterocycles. The molecule has 2 aromatic carbocycles. The molecule has 5 heteroatoms. The van der Waals surface area contributed by atoms with E-state index in [1.165, 1.54) is 12.1 Å². The van der Waals surface area contributed by atoms with E-state index >= 15 is 0 Å². The summed E-state index contributed by atoms with van der Waals surface area (Å²) >= 11 is 0. The Morgan fingerprint density at radius 3 is 2.60 bits per heavy atom. The van der Waals surface area contributed by atoms with Gasteiger partial charge in [0.2, 0.25) is 5.91 Å². The lowest BCUT2D eigenvalue weighted by molar-refractivity contribution is -0.139. The fourth-order valence-corrected chi connectivity index (χ4v) is 2.85. The van der Waals surface area contributed by atoms with Crippen molar-refractivity contribution in [1.29, 1.82) is 0 Å². The van der Waals surface area contributed by atoms with Crippen LogP contribution in [0.2, 0.25) is 0 Å². The van der Waals surface area contributed by atoms with E-state index in [2.05, 4.69) is 0 Å². The summed E-state index contributed by atoms with van der Waals surface area (Å²) in [6.45, 7) is 3.15. The third-order valence-corrected chi connectivity index (χ3v) is 4.42. The van der Waals surface area contributed by atoms with Crippen LogP contribution in [0, 0.1) is 12.7 Å². The van der Waals surface area contributed by atoms with E-state index in [1.54, 1.807) is 24.1 Å². The summed E-state index contributed by atoms with van der Waals surface area (Å²) in [4.78, 5) is 14.0. The lowest BCUT2D eigenvalue weighted by atomic mass is 10.0. The first-order valence-corrected chi connectivity index (χ1v) is 8.38. The highest BCUT2D eigenvalue weighted by molar-refractivity contribution is 5.77. The van der Waals surface area contributed by atoms with Gasteiger partial charge in [-0.3, -0.25) is 4.79 Å². The number of rotatable bonds is 6. The van der Waals surface area contributed by atoms with Crippen LogP contribution >= 0.6 is 0 Å². The number of likely N-dealkylation sites (tertiary alicyclic amines) is 1. The first-order chi connectivity index (χ1) is 12.0. The zero-order valence-electron chi connectivity index (χ0n) is 14.5. The molecule has 0 N–H and O–H groups in total. The number of benzene rings is 2. The zero-order chi connectivity index (χ0) is 17.8. The number of carbonyl (C=O) groups excluding carboxylic acids is 1. The van der Waals surface area contributed by atoms with Gasteiger partial charge in [-0.05, 0) is 54.8 Å². The summed E-state index contributed by atoms with van der Waals surface area (Å²) in [6.07, 6.45) is 1.14. The van der Waals surface area contributed by atoms with E-state index in [1.807, 2.05) is 25.1 Å². The average molecular weight is 343 g/mol. The first-order valence-electron chi connectivity index (χ1n) is 8.38. The fraction of sp³-hybridized carbons (Fsp3) is 0.350. The molecule has 0 spiro atoms. The topological polar surface area (TPSA) is 38.8 Å². The van der Waals surface area contributed by atoms with Gasteiger partial charge in [0, 0.05) is 6.42 Å². The first kappa shape index (κ1) is 17.3. The summed E-state index contributed by atoms with van der Waals surface area (Å²) in [5.41, 5.74) is 2.18. The van der Waals surface area contributed by atoms with Crippen molar-refractivity contribution in [2.75, 3.05) is 20.2 Å². The molecule has 25 heavy (non-hydrogen) atoms. The minimum atomic E-state index is -0.287. The van der Waals surface area contributed by atoms with Crippen LogP contribution in [-0.2, 0) is 11.2 Å². The van der Waals surface area contributed by atoms with Crippen molar-refractivity contribution in [2.24, 2.45) is 0 Å². The van der Waals surface area contributed by atoms with Crippen molar-refractivity contribution in [3.05, 3.63) is 59.4 Å². The van der Waals surface area contributed by atoms with Gasteiger partial charge in [0.1, 0.15) is 23.4 Å². The van der Waals surface area contributed by atoms with Crippen LogP contribution in [0.15, 0.2) is 42.5 Å². The van der Waals surface area contributed by atoms with Gasteiger partial charge in [-0.15, -0.1) is 0 Å². The summed E-state index contributed by atoms with van der Waals surface area (Å²) in [7, 11) is 1.65. The standard InChI is InChI=1S/C20H22FNO3/c1-14-3-4-15(11-19(14)24-2)5-10-20(23)22-12-18(13-22)25-17-8-6-16(21)7-9-17/h3-4,6-9,11,18H,5,10,12-13H2,1-2H3. The third-order valence-electron chi connectivity index (χ3n) is 4.42. The van der Waals surface area contributed by atoms with E-state index in [0.717, 1.165) is 16.9 Å². The van der Waals surface area contributed by atoms with Crippen molar-refractivity contribution < 1.29 is 18.7 Å². The number of methoxy groups -OCH3 is 1. The van der Waals surface area contributed by atoms with E-state index in [0.29, 0.717) is 31.7 Å². The molecule has 4 nitrogen and oxygen atoms in total. The normalized spacial score (nSPS) is 14.1. The number of hydrogen-bond donors (Lipinski definition) is 0. The lowest BCUT2D eigenvalue weighted by Crippen LogP contribution is -2.56. The molecule has 1 amide bonds. The molecule has 0 radical (unpaired) electrons. The van der Waals surface area contributed by atoms with Gasteiger partial charge in [-0.2, -0.15) is 0 Å². The second kappa shape index (κ2) is 7.55. The largest absolute Gasteiger partial charge is 0.496 e. The maximum atomic E-state index is 12.9. The highest BCUT2D eigenvalue weighted by atomic mass is 19.1. The highest BCUT2D eigenvalue weighted by Crippen LogP contribution is 2.22. The Balaban J connectivity index is 1.44. The van der Waals surface area contributed by atoms with Crippen molar-refractivity contribution in [1.82, 2.24) is 4.90 Å². The maximum Gasteiger partial charge on any atom is 0.223 e. The molecule has 1 aliphatic heterocycles. The zero-order valence-corrected chi connectivity index (χ0v) is 14.5. The molecule has 132 valence electrons. The number of ether oxygens (including phenoxy) is 2. The quantitative estimate of drug-likeness (QED) is 0.807. The van der Waals surface area contributed by atoms with E-state index in [4.69, 9.17) is 9.47 Å². The Hall–Kier alpha value is -2.56. The number of aryl methyl sites for hydroxylation is 2. The lowest BCUT2D eigenvalue weighted by Gasteiger charge is -2.39. The van der Waals surface area contributed by atoms with Crippen molar-refractivity contribution in [3.63, 3.8) is 0 Å². The Morgan fingerprint density at radius 1 is 1.20 bits per heavy atom. The number of nitrogens with zero attached hydrogens (tertiary/aromatic N) is 1. The van der Waals surface area contributed by atoms with E-state index in [-0.39, 0.29) is 17.8 Å². The van der Waals surface area contributed by atoms with Gasteiger partial charge < -0.3 is 14.4 Å². The Morgan fingerprint density at radius 2 is 1.92 bits per heavy atom. The SMILES string of the molecule is COc1cc(CCC(=O)N2CC(Oc3ccc(F)cc3)C2)ccc1C. The van der Waals surface area contributed by atoms with Crippen LogP contribution in [0.1, 0.15) is 17.5 Å². The molecule has 0 aromatic heterocycles. The number of amides is 1. The third kappa shape index (κ3) is 4.29. The van der Waals surface area contributed by atoms with Crippen LogP contribution in [0.3, 0.4) is 0 Å². The maximum absolute atomic E-state index is 12.9. The van der Waals surface area contributed by atoms with Crippen molar-refractivity contribution in [2.45, 2.75) is 25.9 Å². The van der Waals surface area contributed by atoms with Gasteiger partial charge in [0.05, 0.1) is 20.2 Å². The molecule has 3 rings (SSSR count). The second-order valence-electron chi connectivity index (χ2n) is 6.30. The molecule has 0 atom stereocenters. The monoisotopic (exact) mass is 343 g/mol. The van der Waals surface area contributed by atoms with Crippen LogP contribution in [0.25, 0.3) is 0 Å². The molecule has 0 saturated carbocycles. The second-order valence-corrected chi connectivity index (χ2v) is 6.30. The van der Waals surface area contributed by atoms with Gasteiger partial charge in [0.25, 0.3) is 0 Å². The van der Waals surface area contributed by atoms with E-state index < -0.39 is 0 Å². The Labute approximate surface area is 147 Å². The van der Waals surface area contributed by atoms with Gasteiger partial charge in [-0.25, -0.2) is 4.39 Å². The molecule has 1 fully saturated rings. The molecular formula is C20H22FNO3. The summed E-state index contributed by atoms with van der Waals surface area (Å²) in [5, 5.41) is 0. The molecule has 0 unspecified atom stereocenters. The fourth-order valence-electron chi connectivity index (χ4n) is 2.85. The molecular weight excluding hydrogens is 321 g/mol. The molecule has 1 aliphatic rings. The highest BCUT2D eigenvalue weighted by Gasteiger charge is 2.31. The minimum Gasteiger partial charge on any atom is -0.496 e. The summed E-state index contributed by atoms with van der Waals surface area (Å²) < 4.78 is 23.9. The van der Waals surface area contributed by atoms with Crippen LogP contribution < -0.4 is 9.47 Å². The molecule has 2 aromatic rings. The number of carbonyl (C=O) groups is 1. The predicted molar refractivity (Wildman–Crippen MR) is 93.4 cm³/mol. The van der Waals surface area contributed by atoms with Gasteiger partial charge in [-0.1, -0.05) is 12.1 Å². The van der Waals surface area contributed by atoms with Crippen LogP contribution in [0.4, 0.5) is 4.39 Å². The van der Waals surface area contributed by atoms with E-state index in [9.17, 15) is 9.18 Å². The minimum absolute atomic E-state index is 0.0196. The molecule has 1 heterocycles. The number of halogens is 1. The van der Waals surface area contributed by atoms with Gasteiger partial charge >= 0.3 is 0 Å². The predicted octanol–water partition coefficient (Wildman–Crippen LogP) is 3.37. The Kier molecular flexibility index (Phi) is 5.22. The molecule has 0 aliphatic carbocycles.